The summed E-state index contributed by atoms with van der Waals surface area (Å²) in [5.74, 6) is -0.807. The number of rotatable bonds is 10. The van der Waals surface area contributed by atoms with Crippen LogP contribution in [0.3, 0.4) is 0 Å². The molecule has 12 heteroatoms. The Morgan fingerprint density at radius 1 is 1.12 bits per heavy atom. The van der Waals surface area contributed by atoms with E-state index in [1.54, 1.807) is 18.0 Å². The number of carbonyl (C=O) groups is 3. The molecule has 42 heavy (non-hydrogen) atoms. The first kappa shape index (κ1) is 29.5. The van der Waals surface area contributed by atoms with Gasteiger partial charge in [-0.15, -0.1) is 0 Å². The summed E-state index contributed by atoms with van der Waals surface area (Å²) in [4.78, 5) is 54.7. The molecule has 1 unspecified atom stereocenters. The van der Waals surface area contributed by atoms with Crippen LogP contribution in [-0.4, -0.2) is 89.3 Å². The van der Waals surface area contributed by atoms with Gasteiger partial charge in [-0.1, -0.05) is 36.4 Å². The van der Waals surface area contributed by atoms with Crippen molar-refractivity contribution in [3.05, 3.63) is 70.1 Å². The van der Waals surface area contributed by atoms with Crippen molar-refractivity contribution in [2.45, 2.75) is 38.1 Å². The average Bonchev–Trinajstić information content (AvgIpc) is 3.23. The molecule has 2 saturated heterocycles. The van der Waals surface area contributed by atoms with E-state index in [2.05, 4.69) is 15.5 Å². The maximum Gasteiger partial charge on any atom is 0.410 e. The van der Waals surface area contributed by atoms with E-state index < -0.39 is 18.0 Å². The highest BCUT2D eigenvalue weighted by Gasteiger charge is 2.31. The molecular formula is C30H38N6O6. The Hall–Kier alpha value is -4.00. The van der Waals surface area contributed by atoms with E-state index in [0.717, 1.165) is 30.8 Å². The van der Waals surface area contributed by atoms with Crippen LogP contribution in [0.25, 0.3) is 11.0 Å². The fourth-order valence-corrected chi connectivity index (χ4v) is 5.60. The summed E-state index contributed by atoms with van der Waals surface area (Å²) in [5.41, 5.74) is 2.63. The standard InChI is InChI=1S/C30H38N6O6/c1-31-17-23-19-34(14-15-41-23)12-13-35(30(40)42-20-21-6-4-3-5-7-21)18-22-8-9-24-26(16-22)33(2)29(39)36(24)25-10-11-27(37)32-28(25)38/h3-9,16,23,25,31H,10-15,17-20H2,1-2H3,(H,32,37,38)/t23-,25?/m1/s1. The summed E-state index contributed by atoms with van der Waals surface area (Å²) in [6, 6.07) is 14.3. The maximum absolute atomic E-state index is 13.3. The summed E-state index contributed by atoms with van der Waals surface area (Å²) in [6.07, 6.45) is 0.118. The first-order chi connectivity index (χ1) is 20.3. The average molecular weight is 579 g/mol. The Morgan fingerprint density at radius 3 is 2.69 bits per heavy atom. The number of nitrogens with one attached hydrogen (secondary N) is 2. The number of morpholine rings is 1. The smallest absolute Gasteiger partial charge is 0.410 e. The number of hydrogen-bond donors (Lipinski definition) is 2. The lowest BCUT2D eigenvalue weighted by molar-refractivity contribution is -0.135. The van der Waals surface area contributed by atoms with Crippen molar-refractivity contribution in [3.63, 3.8) is 0 Å². The van der Waals surface area contributed by atoms with E-state index in [9.17, 15) is 19.2 Å². The molecule has 3 aromatic rings. The molecule has 2 N–H and O–H groups in total. The third kappa shape index (κ3) is 6.72. The van der Waals surface area contributed by atoms with Crippen molar-refractivity contribution in [1.82, 2.24) is 29.6 Å². The second-order valence-corrected chi connectivity index (χ2v) is 10.8. The van der Waals surface area contributed by atoms with Crippen LogP contribution in [0, 0.1) is 0 Å². The quantitative estimate of drug-likeness (QED) is 0.346. The molecule has 0 aliphatic carbocycles. The van der Waals surface area contributed by atoms with Gasteiger partial charge >= 0.3 is 11.8 Å². The third-order valence-electron chi connectivity index (χ3n) is 7.85. The van der Waals surface area contributed by atoms with Crippen LogP contribution in [0.5, 0.6) is 0 Å². The number of aryl methyl sites for hydroxylation is 1. The zero-order chi connectivity index (χ0) is 29.6. The number of carbonyl (C=O) groups excluding carboxylic acids is 3. The second kappa shape index (κ2) is 13.3. The monoisotopic (exact) mass is 578 g/mol. The van der Waals surface area contributed by atoms with Crippen LogP contribution in [-0.2, 0) is 39.3 Å². The first-order valence-corrected chi connectivity index (χ1v) is 14.3. The highest BCUT2D eigenvalue weighted by Crippen LogP contribution is 2.24. The summed E-state index contributed by atoms with van der Waals surface area (Å²) >= 11 is 0. The van der Waals surface area contributed by atoms with Gasteiger partial charge in [-0.3, -0.25) is 28.9 Å². The molecule has 2 atom stereocenters. The van der Waals surface area contributed by atoms with Gasteiger partial charge < -0.3 is 19.7 Å². The van der Waals surface area contributed by atoms with Crippen molar-refractivity contribution in [2.24, 2.45) is 7.05 Å². The summed E-state index contributed by atoms with van der Waals surface area (Å²) in [5, 5.41) is 5.49. The van der Waals surface area contributed by atoms with E-state index in [-0.39, 0.29) is 43.7 Å². The van der Waals surface area contributed by atoms with Gasteiger partial charge in [0.25, 0.3) is 0 Å². The number of nitrogens with zero attached hydrogens (tertiary/aromatic N) is 4. The maximum atomic E-state index is 13.3. The second-order valence-electron chi connectivity index (χ2n) is 10.8. The van der Waals surface area contributed by atoms with Gasteiger partial charge in [0.15, 0.2) is 0 Å². The van der Waals surface area contributed by atoms with Gasteiger partial charge in [0.2, 0.25) is 11.8 Å². The predicted octanol–water partition coefficient (Wildman–Crippen LogP) is 1.38. The number of ether oxygens (including phenoxy) is 2. The fourth-order valence-electron chi connectivity index (χ4n) is 5.60. The van der Waals surface area contributed by atoms with E-state index in [4.69, 9.17) is 9.47 Å². The predicted molar refractivity (Wildman–Crippen MR) is 156 cm³/mol. The lowest BCUT2D eigenvalue weighted by Crippen LogP contribution is -2.48. The normalized spacial score (nSPS) is 19.6. The van der Waals surface area contributed by atoms with E-state index in [1.807, 2.05) is 49.5 Å². The Morgan fingerprint density at radius 2 is 1.93 bits per heavy atom. The van der Waals surface area contributed by atoms with E-state index >= 15 is 0 Å². The zero-order valence-corrected chi connectivity index (χ0v) is 24.1. The number of benzene rings is 2. The number of aromatic nitrogens is 2. The summed E-state index contributed by atoms with van der Waals surface area (Å²) in [6.45, 7) is 4.53. The molecule has 12 nitrogen and oxygen atoms in total. The highest BCUT2D eigenvalue weighted by atomic mass is 16.6. The van der Waals surface area contributed by atoms with Gasteiger partial charge in [-0.2, -0.15) is 0 Å². The highest BCUT2D eigenvalue weighted by molar-refractivity contribution is 6.00. The minimum atomic E-state index is -0.755. The van der Waals surface area contributed by atoms with Crippen molar-refractivity contribution in [2.75, 3.05) is 46.4 Å². The lowest BCUT2D eigenvalue weighted by atomic mass is 10.1. The van der Waals surface area contributed by atoms with Crippen LogP contribution >= 0.6 is 0 Å². The van der Waals surface area contributed by atoms with Crippen LogP contribution in [0.4, 0.5) is 4.79 Å². The van der Waals surface area contributed by atoms with Crippen LogP contribution in [0.2, 0.25) is 0 Å². The van der Waals surface area contributed by atoms with Gasteiger partial charge in [0, 0.05) is 52.7 Å². The van der Waals surface area contributed by atoms with Crippen LogP contribution in [0.1, 0.15) is 30.0 Å². The molecule has 2 aromatic carbocycles. The van der Waals surface area contributed by atoms with Gasteiger partial charge in [0.1, 0.15) is 12.6 Å². The Bertz CT molecular complexity index is 1480. The largest absolute Gasteiger partial charge is 0.445 e. The Balaban J connectivity index is 1.35. The van der Waals surface area contributed by atoms with Gasteiger partial charge in [-0.05, 0) is 36.7 Å². The molecule has 2 aliphatic rings. The van der Waals surface area contributed by atoms with Gasteiger partial charge in [0.05, 0.1) is 23.7 Å². The Kier molecular flexibility index (Phi) is 9.35. The first-order valence-electron chi connectivity index (χ1n) is 14.3. The molecule has 3 heterocycles. The molecule has 5 rings (SSSR count). The van der Waals surface area contributed by atoms with Crippen molar-refractivity contribution in [3.8, 4) is 0 Å². The van der Waals surface area contributed by atoms with Crippen LogP contribution < -0.4 is 16.3 Å². The van der Waals surface area contributed by atoms with Crippen molar-refractivity contribution < 1.29 is 23.9 Å². The molecular weight excluding hydrogens is 540 g/mol. The van der Waals surface area contributed by atoms with E-state index in [1.165, 1.54) is 9.13 Å². The minimum Gasteiger partial charge on any atom is -0.445 e. The molecule has 1 aromatic heterocycles. The van der Waals surface area contributed by atoms with Gasteiger partial charge in [-0.25, -0.2) is 9.59 Å². The molecule has 2 fully saturated rings. The number of piperidine rings is 1. The number of likely N-dealkylation sites (N-methyl/N-ethyl adjacent to an activating group) is 1. The summed E-state index contributed by atoms with van der Waals surface area (Å²) < 4.78 is 14.5. The number of imidazole rings is 1. The molecule has 0 radical (unpaired) electrons. The molecule has 2 aliphatic heterocycles. The third-order valence-corrected chi connectivity index (χ3v) is 7.85. The van der Waals surface area contributed by atoms with E-state index in [0.29, 0.717) is 30.7 Å². The number of hydrogen-bond acceptors (Lipinski definition) is 8. The Labute approximate surface area is 244 Å². The molecule has 0 saturated carbocycles. The molecule has 3 amide bonds. The number of imide groups is 1. The number of amides is 3. The molecule has 0 spiro atoms. The number of fused-ring (bicyclic) bond motifs is 1. The SMILES string of the molecule is CNC[C@@H]1CN(CCN(Cc2ccc3c(c2)n(C)c(=O)n3C2CCC(=O)NC2=O)C(=O)OCc2ccccc2)CCO1. The molecule has 0 bridgehead atoms. The van der Waals surface area contributed by atoms with Crippen LogP contribution in [0.15, 0.2) is 53.3 Å². The van der Waals surface area contributed by atoms with Crippen molar-refractivity contribution >= 4 is 28.9 Å². The zero-order valence-electron chi connectivity index (χ0n) is 24.1. The van der Waals surface area contributed by atoms with Crippen molar-refractivity contribution in [1.29, 1.82) is 0 Å². The topological polar surface area (TPSA) is 127 Å². The fraction of sp³-hybridized carbons (Fsp3) is 0.467. The minimum absolute atomic E-state index is 0.0966. The molecule has 224 valence electrons. The summed E-state index contributed by atoms with van der Waals surface area (Å²) in [7, 11) is 3.56. The lowest BCUT2D eigenvalue weighted by Gasteiger charge is -2.34.